The Bertz CT molecular complexity index is 406. The molecule has 0 aliphatic rings. The van der Waals surface area contributed by atoms with Crippen LogP contribution in [0, 0.1) is 0 Å². The predicted octanol–water partition coefficient (Wildman–Crippen LogP) is 0.383. The number of hydrogen-bond acceptors (Lipinski definition) is 4. The molecule has 1 aromatic rings. The van der Waals surface area contributed by atoms with Crippen LogP contribution in [0.5, 0.6) is 0 Å². The van der Waals surface area contributed by atoms with E-state index in [1.54, 1.807) is 12.1 Å². The summed E-state index contributed by atoms with van der Waals surface area (Å²) in [5.74, 6) is 4.94. The van der Waals surface area contributed by atoms with Gasteiger partial charge >= 0.3 is 0 Å². The quantitative estimate of drug-likeness (QED) is 0.424. The smallest absolute Gasteiger partial charge is 0.175 e. The SMILES string of the molecule is CS(=O)(=O)c1ccc(/C=N/N)cc1. The summed E-state index contributed by atoms with van der Waals surface area (Å²) in [5, 5.41) is 3.32. The van der Waals surface area contributed by atoms with Gasteiger partial charge in [0.15, 0.2) is 9.84 Å². The average Bonchev–Trinajstić information content (AvgIpc) is 2.04. The summed E-state index contributed by atoms with van der Waals surface area (Å²) >= 11 is 0. The molecule has 0 radical (unpaired) electrons. The Hall–Kier alpha value is -1.36. The molecule has 5 heteroatoms. The number of nitrogens with two attached hydrogens (primary N) is 1. The molecule has 0 bridgehead atoms. The molecule has 1 rings (SSSR count). The monoisotopic (exact) mass is 198 g/mol. The highest BCUT2D eigenvalue weighted by Crippen LogP contribution is 2.08. The number of rotatable bonds is 2. The Labute approximate surface area is 77.0 Å². The minimum Gasteiger partial charge on any atom is -0.323 e. The van der Waals surface area contributed by atoms with E-state index in [0.717, 1.165) is 5.56 Å². The number of benzene rings is 1. The Morgan fingerprint density at radius 3 is 2.23 bits per heavy atom. The highest BCUT2D eigenvalue weighted by molar-refractivity contribution is 7.90. The first kappa shape index (κ1) is 9.73. The predicted molar refractivity (Wildman–Crippen MR) is 51.3 cm³/mol. The molecule has 13 heavy (non-hydrogen) atoms. The molecule has 1 aromatic carbocycles. The van der Waals surface area contributed by atoms with Crippen molar-refractivity contribution in [1.29, 1.82) is 0 Å². The molecule has 4 nitrogen and oxygen atoms in total. The van der Waals surface area contributed by atoms with Crippen molar-refractivity contribution in [2.24, 2.45) is 10.9 Å². The van der Waals surface area contributed by atoms with Gasteiger partial charge in [-0.2, -0.15) is 5.10 Å². The Morgan fingerprint density at radius 1 is 1.31 bits per heavy atom. The van der Waals surface area contributed by atoms with Gasteiger partial charge < -0.3 is 5.84 Å². The standard InChI is InChI=1S/C8H10N2O2S/c1-13(11,12)8-4-2-7(3-5-8)6-10-9/h2-6H,9H2,1H3/b10-6+. The lowest BCUT2D eigenvalue weighted by Crippen LogP contribution is -1.96. The molecule has 0 heterocycles. The van der Waals surface area contributed by atoms with Gasteiger partial charge in [-0.3, -0.25) is 0 Å². The average molecular weight is 198 g/mol. The van der Waals surface area contributed by atoms with Crippen molar-refractivity contribution < 1.29 is 8.42 Å². The molecule has 0 aliphatic carbocycles. The largest absolute Gasteiger partial charge is 0.323 e. The van der Waals surface area contributed by atoms with E-state index < -0.39 is 9.84 Å². The molecule has 0 unspecified atom stereocenters. The molecule has 0 aromatic heterocycles. The molecular formula is C8H10N2O2S. The van der Waals surface area contributed by atoms with Gasteiger partial charge in [0.1, 0.15) is 0 Å². The van der Waals surface area contributed by atoms with Crippen molar-refractivity contribution >= 4 is 16.1 Å². The maximum Gasteiger partial charge on any atom is 0.175 e. The first-order valence-corrected chi connectivity index (χ1v) is 5.46. The van der Waals surface area contributed by atoms with Gasteiger partial charge in [0.05, 0.1) is 11.1 Å². The van der Waals surface area contributed by atoms with Crippen LogP contribution in [0.2, 0.25) is 0 Å². The van der Waals surface area contributed by atoms with Gasteiger partial charge in [-0.25, -0.2) is 8.42 Å². The fourth-order valence-electron chi connectivity index (χ4n) is 0.887. The number of hydrogen-bond donors (Lipinski definition) is 1. The summed E-state index contributed by atoms with van der Waals surface area (Å²) in [4.78, 5) is 0.293. The summed E-state index contributed by atoms with van der Waals surface area (Å²) in [6.07, 6.45) is 2.62. The third-order valence-corrected chi connectivity index (χ3v) is 2.66. The normalized spacial score (nSPS) is 12.1. The van der Waals surface area contributed by atoms with Gasteiger partial charge in [0, 0.05) is 6.26 Å². The van der Waals surface area contributed by atoms with Crippen LogP contribution in [0.15, 0.2) is 34.3 Å². The second-order valence-corrected chi connectivity index (χ2v) is 4.64. The summed E-state index contributed by atoms with van der Waals surface area (Å²) in [6.45, 7) is 0. The lowest BCUT2D eigenvalue weighted by atomic mass is 10.2. The van der Waals surface area contributed by atoms with E-state index in [1.807, 2.05) is 0 Å². The molecule has 2 N–H and O–H groups in total. The van der Waals surface area contributed by atoms with Gasteiger partial charge in [0.2, 0.25) is 0 Å². The fraction of sp³-hybridized carbons (Fsp3) is 0.125. The van der Waals surface area contributed by atoms with Crippen molar-refractivity contribution in [3.05, 3.63) is 29.8 Å². The van der Waals surface area contributed by atoms with Crippen LogP contribution in [0.1, 0.15) is 5.56 Å². The first-order valence-electron chi connectivity index (χ1n) is 3.57. The highest BCUT2D eigenvalue weighted by atomic mass is 32.2. The van der Waals surface area contributed by atoms with Crippen LogP contribution in [0.3, 0.4) is 0 Å². The Balaban J connectivity index is 3.08. The molecular weight excluding hydrogens is 188 g/mol. The minimum absolute atomic E-state index is 0.293. The maximum absolute atomic E-state index is 11.0. The van der Waals surface area contributed by atoms with Crippen molar-refractivity contribution in [2.45, 2.75) is 4.90 Å². The molecule has 0 amide bonds. The van der Waals surface area contributed by atoms with E-state index in [1.165, 1.54) is 24.6 Å². The van der Waals surface area contributed by atoms with Gasteiger partial charge in [-0.1, -0.05) is 12.1 Å². The maximum atomic E-state index is 11.0. The Morgan fingerprint density at radius 2 is 1.85 bits per heavy atom. The summed E-state index contributed by atoms with van der Waals surface area (Å²) in [5.41, 5.74) is 0.773. The molecule has 0 spiro atoms. The van der Waals surface area contributed by atoms with E-state index in [4.69, 9.17) is 5.84 Å². The lowest BCUT2D eigenvalue weighted by molar-refractivity contribution is 0.602. The van der Waals surface area contributed by atoms with Crippen LogP contribution >= 0.6 is 0 Å². The first-order chi connectivity index (χ1) is 6.04. The number of hydrazone groups is 1. The van der Waals surface area contributed by atoms with Crippen LogP contribution < -0.4 is 5.84 Å². The molecule has 70 valence electrons. The summed E-state index contributed by atoms with van der Waals surface area (Å²) in [6, 6.07) is 6.33. The second kappa shape index (κ2) is 3.57. The zero-order valence-corrected chi connectivity index (χ0v) is 7.95. The number of sulfone groups is 1. The zero-order valence-electron chi connectivity index (χ0n) is 7.14. The minimum atomic E-state index is -3.11. The van der Waals surface area contributed by atoms with Gasteiger partial charge in [-0.05, 0) is 17.7 Å². The van der Waals surface area contributed by atoms with Crippen molar-refractivity contribution in [3.63, 3.8) is 0 Å². The number of nitrogens with zero attached hydrogens (tertiary/aromatic N) is 1. The van der Waals surface area contributed by atoms with E-state index in [9.17, 15) is 8.42 Å². The van der Waals surface area contributed by atoms with Crippen LogP contribution in [0.4, 0.5) is 0 Å². The van der Waals surface area contributed by atoms with Crippen LogP contribution in [0.25, 0.3) is 0 Å². The third-order valence-electron chi connectivity index (χ3n) is 1.53. The molecule has 0 saturated heterocycles. The van der Waals surface area contributed by atoms with E-state index >= 15 is 0 Å². The molecule has 0 fully saturated rings. The Kier molecular flexibility index (Phi) is 2.67. The molecule has 0 aliphatic heterocycles. The van der Waals surface area contributed by atoms with Crippen molar-refractivity contribution in [3.8, 4) is 0 Å². The van der Waals surface area contributed by atoms with Crippen LogP contribution in [-0.4, -0.2) is 20.9 Å². The molecule has 0 saturated carbocycles. The molecule has 0 atom stereocenters. The lowest BCUT2D eigenvalue weighted by Gasteiger charge is -1.97. The topological polar surface area (TPSA) is 72.5 Å². The van der Waals surface area contributed by atoms with Gasteiger partial charge in [0.25, 0.3) is 0 Å². The zero-order chi connectivity index (χ0) is 9.90. The van der Waals surface area contributed by atoms with E-state index in [-0.39, 0.29) is 0 Å². The van der Waals surface area contributed by atoms with Crippen LogP contribution in [-0.2, 0) is 9.84 Å². The van der Waals surface area contributed by atoms with Gasteiger partial charge in [-0.15, -0.1) is 0 Å². The second-order valence-electron chi connectivity index (χ2n) is 2.62. The third kappa shape index (κ3) is 2.55. The highest BCUT2D eigenvalue weighted by Gasteiger charge is 2.04. The van der Waals surface area contributed by atoms with Crippen molar-refractivity contribution in [2.75, 3.05) is 6.26 Å². The van der Waals surface area contributed by atoms with E-state index in [2.05, 4.69) is 5.10 Å². The summed E-state index contributed by atoms with van der Waals surface area (Å²) < 4.78 is 22.1. The summed E-state index contributed by atoms with van der Waals surface area (Å²) in [7, 11) is -3.11. The fourth-order valence-corrected chi connectivity index (χ4v) is 1.52. The van der Waals surface area contributed by atoms with E-state index in [0.29, 0.717) is 4.90 Å². The van der Waals surface area contributed by atoms with Crippen molar-refractivity contribution in [1.82, 2.24) is 0 Å².